The van der Waals surface area contributed by atoms with Crippen LogP contribution < -0.4 is 0 Å². The second kappa shape index (κ2) is 4.49. The molecule has 4 nitrogen and oxygen atoms in total. The lowest BCUT2D eigenvalue weighted by atomic mass is 9.84. The molecule has 96 valence electrons. The number of aliphatic hydroxyl groups is 1. The summed E-state index contributed by atoms with van der Waals surface area (Å²) in [5.74, 6) is 0.359. The van der Waals surface area contributed by atoms with Gasteiger partial charge in [0.05, 0.1) is 5.41 Å². The summed E-state index contributed by atoms with van der Waals surface area (Å²) in [4.78, 5) is 4.16. The zero-order valence-corrected chi connectivity index (χ0v) is 10.5. The van der Waals surface area contributed by atoms with Crippen LogP contribution in [-0.4, -0.2) is 15.2 Å². The van der Waals surface area contributed by atoms with Crippen molar-refractivity contribution in [3.05, 3.63) is 47.4 Å². The van der Waals surface area contributed by atoms with Gasteiger partial charge in [-0.05, 0) is 38.5 Å². The molecule has 2 aromatic rings. The number of hydrogen-bond donors (Lipinski definition) is 1. The molecule has 0 aliphatic carbocycles. The molecule has 18 heavy (non-hydrogen) atoms. The molecule has 0 aliphatic heterocycles. The molecule has 5 heteroatoms. The maximum Gasteiger partial charge on any atom is 0.255 e. The average molecular weight is 250 g/mol. The van der Waals surface area contributed by atoms with E-state index in [1.807, 2.05) is 13.8 Å². The van der Waals surface area contributed by atoms with Gasteiger partial charge in [0.1, 0.15) is 11.9 Å². The Morgan fingerprint density at radius 2 is 1.89 bits per heavy atom. The van der Waals surface area contributed by atoms with Gasteiger partial charge in [-0.15, -0.1) is 0 Å². The lowest BCUT2D eigenvalue weighted by Crippen LogP contribution is -2.20. The number of aromatic nitrogens is 2. The Kier molecular flexibility index (Phi) is 3.17. The molecule has 1 aromatic carbocycles. The fourth-order valence-electron chi connectivity index (χ4n) is 1.65. The van der Waals surface area contributed by atoms with E-state index < -0.39 is 11.5 Å². The van der Waals surface area contributed by atoms with Crippen molar-refractivity contribution < 1.29 is 14.0 Å². The van der Waals surface area contributed by atoms with Crippen LogP contribution in [0.15, 0.2) is 28.8 Å². The van der Waals surface area contributed by atoms with Crippen LogP contribution in [0.1, 0.15) is 44.2 Å². The van der Waals surface area contributed by atoms with E-state index in [-0.39, 0.29) is 11.7 Å². The van der Waals surface area contributed by atoms with Crippen molar-refractivity contribution in [1.82, 2.24) is 10.1 Å². The molecule has 0 saturated heterocycles. The largest absolute Gasteiger partial charge is 0.384 e. The van der Waals surface area contributed by atoms with E-state index in [0.29, 0.717) is 5.82 Å². The summed E-state index contributed by atoms with van der Waals surface area (Å²) in [7, 11) is 0. The first-order valence-electron chi connectivity index (χ1n) is 5.69. The summed E-state index contributed by atoms with van der Waals surface area (Å²) in [6, 6.07) is 6.17. The maximum atomic E-state index is 12.9. The summed E-state index contributed by atoms with van der Waals surface area (Å²) >= 11 is 0. The molecule has 0 amide bonds. The number of rotatable bonds is 3. The van der Waals surface area contributed by atoms with Crippen molar-refractivity contribution in [1.29, 1.82) is 0 Å². The molecule has 1 N–H and O–H groups in total. The first kappa shape index (κ1) is 12.7. The summed E-state index contributed by atoms with van der Waals surface area (Å²) < 4.78 is 17.9. The minimum absolute atomic E-state index is 0.181. The molecule has 0 aliphatic rings. The van der Waals surface area contributed by atoms with Gasteiger partial charge in [-0.3, -0.25) is 0 Å². The lowest BCUT2D eigenvalue weighted by molar-refractivity contribution is 0.151. The van der Waals surface area contributed by atoms with Gasteiger partial charge < -0.3 is 9.63 Å². The standard InChI is InChI=1S/C13H15FN2O2/c1-8(17)11-15-12(16-18-11)13(2,3)9-4-6-10(14)7-5-9/h4-8,17H,1-3H3. The number of benzene rings is 1. The van der Waals surface area contributed by atoms with Gasteiger partial charge in [-0.2, -0.15) is 4.98 Å². The molecule has 0 saturated carbocycles. The van der Waals surface area contributed by atoms with Crippen molar-refractivity contribution >= 4 is 0 Å². The van der Waals surface area contributed by atoms with Crippen LogP contribution in [0.2, 0.25) is 0 Å². The quantitative estimate of drug-likeness (QED) is 0.909. The fourth-order valence-corrected chi connectivity index (χ4v) is 1.65. The predicted octanol–water partition coefficient (Wildman–Crippen LogP) is 2.59. The second-order valence-corrected chi connectivity index (χ2v) is 4.76. The van der Waals surface area contributed by atoms with Gasteiger partial charge in [-0.1, -0.05) is 17.3 Å². The molecule has 2 rings (SSSR count). The van der Waals surface area contributed by atoms with Gasteiger partial charge in [0.2, 0.25) is 0 Å². The Hall–Kier alpha value is -1.75. The SMILES string of the molecule is CC(O)c1nc(C(C)(C)c2ccc(F)cc2)no1. The van der Waals surface area contributed by atoms with Crippen LogP contribution >= 0.6 is 0 Å². The van der Waals surface area contributed by atoms with E-state index in [9.17, 15) is 9.50 Å². The zero-order chi connectivity index (χ0) is 13.3. The van der Waals surface area contributed by atoms with Crippen LogP contribution in [0.3, 0.4) is 0 Å². The molecule has 1 unspecified atom stereocenters. The van der Waals surface area contributed by atoms with Crippen LogP contribution in [0, 0.1) is 5.82 Å². The number of aliphatic hydroxyl groups excluding tert-OH is 1. The summed E-state index contributed by atoms with van der Waals surface area (Å²) in [5.41, 5.74) is 0.367. The first-order chi connectivity index (χ1) is 8.41. The molecule has 0 fully saturated rings. The topological polar surface area (TPSA) is 59.2 Å². The molecule has 1 heterocycles. The zero-order valence-electron chi connectivity index (χ0n) is 10.5. The Morgan fingerprint density at radius 1 is 1.28 bits per heavy atom. The van der Waals surface area contributed by atoms with E-state index in [0.717, 1.165) is 5.56 Å². The van der Waals surface area contributed by atoms with Crippen molar-refractivity contribution in [2.24, 2.45) is 0 Å². The fraction of sp³-hybridized carbons (Fsp3) is 0.385. The van der Waals surface area contributed by atoms with Crippen LogP contribution in [0.25, 0.3) is 0 Å². The summed E-state index contributed by atoms with van der Waals surface area (Å²) in [6.07, 6.45) is -0.796. The van der Waals surface area contributed by atoms with Gasteiger partial charge >= 0.3 is 0 Å². The smallest absolute Gasteiger partial charge is 0.255 e. The Morgan fingerprint density at radius 3 is 2.39 bits per heavy atom. The van der Waals surface area contributed by atoms with Crippen LogP contribution in [0.4, 0.5) is 4.39 Å². The molecular weight excluding hydrogens is 235 g/mol. The first-order valence-corrected chi connectivity index (χ1v) is 5.69. The Balaban J connectivity index is 2.37. The van der Waals surface area contributed by atoms with Gasteiger partial charge in [-0.25, -0.2) is 4.39 Å². The molecule has 1 aromatic heterocycles. The monoisotopic (exact) mass is 250 g/mol. The summed E-state index contributed by atoms with van der Waals surface area (Å²) in [5, 5.41) is 13.2. The van der Waals surface area contributed by atoms with Crippen molar-refractivity contribution in [3.63, 3.8) is 0 Å². The Labute approximate surface area is 104 Å². The van der Waals surface area contributed by atoms with Gasteiger partial charge in [0.25, 0.3) is 5.89 Å². The van der Waals surface area contributed by atoms with E-state index >= 15 is 0 Å². The molecule has 0 spiro atoms. The minimum Gasteiger partial charge on any atom is -0.384 e. The minimum atomic E-state index is -0.796. The third-order valence-corrected chi connectivity index (χ3v) is 2.92. The van der Waals surface area contributed by atoms with Crippen molar-refractivity contribution in [2.45, 2.75) is 32.3 Å². The highest BCUT2D eigenvalue weighted by Gasteiger charge is 2.29. The van der Waals surface area contributed by atoms with Gasteiger partial charge in [0.15, 0.2) is 5.82 Å². The highest BCUT2D eigenvalue weighted by molar-refractivity contribution is 5.30. The highest BCUT2D eigenvalue weighted by Crippen LogP contribution is 2.29. The number of nitrogens with zero attached hydrogens (tertiary/aromatic N) is 2. The normalized spacial score (nSPS) is 13.6. The van der Waals surface area contributed by atoms with E-state index in [1.165, 1.54) is 12.1 Å². The second-order valence-electron chi connectivity index (χ2n) is 4.76. The van der Waals surface area contributed by atoms with E-state index in [1.54, 1.807) is 19.1 Å². The molecule has 0 bridgehead atoms. The van der Waals surface area contributed by atoms with Gasteiger partial charge in [0, 0.05) is 0 Å². The lowest BCUT2D eigenvalue weighted by Gasteiger charge is -2.20. The maximum absolute atomic E-state index is 12.9. The molecule has 0 radical (unpaired) electrons. The Bertz CT molecular complexity index is 532. The molecule has 1 atom stereocenters. The third-order valence-electron chi connectivity index (χ3n) is 2.92. The highest BCUT2D eigenvalue weighted by atomic mass is 19.1. The average Bonchev–Trinajstić information content (AvgIpc) is 2.79. The molecular formula is C13H15FN2O2. The van der Waals surface area contributed by atoms with Crippen molar-refractivity contribution in [2.75, 3.05) is 0 Å². The number of halogens is 1. The van der Waals surface area contributed by atoms with Crippen LogP contribution in [0.5, 0.6) is 0 Å². The summed E-state index contributed by atoms with van der Waals surface area (Å²) in [6.45, 7) is 5.38. The van der Waals surface area contributed by atoms with E-state index in [2.05, 4.69) is 10.1 Å². The van der Waals surface area contributed by atoms with Crippen molar-refractivity contribution in [3.8, 4) is 0 Å². The number of hydrogen-bond acceptors (Lipinski definition) is 4. The predicted molar refractivity (Wildman–Crippen MR) is 63.5 cm³/mol. The van der Waals surface area contributed by atoms with E-state index in [4.69, 9.17) is 4.52 Å². The third kappa shape index (κ3) is 2.26. The van der Waals surface area contributed by atoms with Crippen LogP contribution in [-0.2, 0) is 5.41 Å².